The minimum Gasteiger partial charge on any atom is -0.368 e. The molecular weight excluding hydrogens is 378 g/mol. The summed E-state index contributed by atoms with van der Waals surface area (Å²) in [5, 5.41) is 12.0. The van der Waals surface area contributed by atoms with Crippen LogP contribution < -0.4 is 20.4 Å². The number of pyridine rings is 1. The second-order valence-electron chi connectivity index (χ2n) is 8.29. The van der Waals surface area contributed by atoms with Crippen LogP contribution in [0.4, 0.5) is 22.0 Å². The van der Waals surface area contributed by atoms with E-state index in [1.54, 1.807) is 9.58 Å². The average Bonchev–Trinajstić information content (AvgIpc) is 3.30. The zero-order valence-electron chi connectivity index (χ0n) is 17.6. The topological polar surface area (TPSA) is 78.3 Å². The first-order valence-corrected chi connectivity index (χ1v) is 10.5. The van der Waals surface area contributed by atoms with Crippen molar-refractivity contribution in [3.05, 3.63) is 41.7 Å². The minimum absolute atomic E-state index is 0.140. The van der Waals surface area contributed by atoms with Gasteiger partial charge in [-0.15, -0.1) is 0 Å². The molecule has 1 saturated heterocycles. The number of hydrogen-bond donors (Lipinski definition) is 2. The molecule has 2 N–H and O–H groups in total. The number of anilines is 3. The van der Waals surface area contributed by atoms with E-state index in [0.29, 0.717) is 12.6 Å². The Balaban J connectivity index is 1.40. The highest BCUT2D eigenvalue weighted by atomic mass is 16.2. The quantitative estimate of drug-likeness (QED) is 0.685. The van der Waals surface area contributed by atoms with Crippen LogP contribution in [0.25, 0.3) is 10.9 Å². The third kappa shape index (κ3) is 3.27. The van der Waals surface area contributed by atoms with Crippen LogP contribution in [0.1, 0.15) is 18.1 Å². The smallest absolute Gasteiger partial charge is 0.327 e. The van der Waals surface area contributed by atoms with Gasteiger partial charge in [0.2, 0.25) is 0 Å². The van der Waals surface area contributed by atoms with E-state index in [1.165, 1.54) is 11.3 Å². The first-order valence-electron chi connectivity index (χ1n) is 10.5. The Morgan fingerprint density at radius 2 is 2.17 bits per heavy atom. The third-order valence-electron chi connectivity index (χ3n) is 6.01. The molecule has 5 rings (SSSR count). The van der Waals surface area contributed by atoms with Gasteiger partial charge in [0.05, 0.1) is 5.52 Å². The van der Waals surface area contributed by atoms with Gasteiger partial charge >= 0.3 is 6.03 Å². The van der Waals surface area contributed by atoms with E-state index in [9.17, 15) is 4.79 Å². The molecule has 156 valence electrons. The summed E-state index contributed by atoms with van der Waals surface area (Å²) in [6.07, 6.45) is 4.60. The molecule has 2 aromatic heterocycles. The molecule has 1 aromatic carbocycles. The fourth-order valence-corrected chi connectivity index (χ4v) is 4.54. The Kier molecular flexibility index (Phi) is 4.58. The van der Waals surface area contributed by atoms with Crippen molar-refractivity contribution < 1.29 is 4.79 Å². The zero-order chi connectivity index (χ0) is 20.8. The van der Waals surface area contributed by atoms with Crippen LogP contribution in [0.15, 0.2) is 30.6 Å². The number of aromatic nitrogens is 3. The molecule has 0 aliphatic carbocycles. The molecule has 8 heteroatoms. The number of urea groups is 1. The molecule has 0 bridgehead atoms. The van der Waals surface area contributed by atoms with Gasteiger partial charge in [0.25, 0.3) is 0 Å². The molecular formula is C22H27N7O. The molecule has 0 radical (unpaired) electrons. The van der Waals surface area contributed by atoms with Crippen molar-refractivity contribution in [3.63, 3.8) is 0 Å². The molecule has 0 saturated carbocycles. The van der Waals surface area contributed by atoms with E-state index in [4.69, 9.17) is 0 Å². The number of rotatable bonds is 2. The number of nitrogens with zero attached hydrogens (tertiary/aromatic N) is 5. The molecule has 0 unspecified atom stereocenters. The number of piperazine rings is 1. The fraction of sp³-hybridized carbons (Fsp3) is 0.409. The predicted octanol–water partition coefficient (Wildman–Crippen LogP) is 2.67. The van der Waals surface area contributed by atoms with Gasteiger partial charge in [-0.3, -0.25) is 9.58 Å². The van der Waals surface area contributed by atoms with Crippen molar-refractivity contribution in [2.45, 2.75) is 26.3 Å². The molecule has 2 amide bonds. The van der Waals surface area contributed by atoms with E-state index >= 15 is 0 Å². The van der Waals surface area contributed by atoms with E-state index in [2.05, 4.69) is 38.6 Å². The van der Waals surface area contributed by atoms with Gasteiger partial charge in [-0.2, -0.15) is 5.10 Å². The van der Waals surface area contributed by atoms with Crippen molar-refractivity contribution in [2.75, 3.05) is 41.3 Å². The highest BCUT2D eigenvalue weighted by Gasteiger charge is 2.30. The summed E-state index contributed by atoms with van der Waals surface area (Å²) in [5.41, 5.74) is 5.10. The highest BCUT2D eigenvalue weighted by molar-refractivity contribution is 6.04. The molecule has 2 aliphatic heterocycles. The number of amides is 2. The van der Waals surface area contributed by atoms with Crippen molar-refractivity contribution in [1.82, 2.24) is 20.1 Å². The van der Waals surface area contributed by atoms with Crippen LogP contribution in [0.3, 0.4) is 0 Å². The van der Waals surface area contributed by atoms with Crippen LogP contribution in [0, 0.1) is 6.92 Å². The van der Waals surface area contributed by atoms with Gasteiger partial charge in [0.15, 0.2) is 0 Å². The fourth-order valence-electron chi connectivity index (χ4n) is 4.54. The lowest BCUT2D eigenvalue weighted by Gasteiger charge is -2.34. The number of benzene rings is 1. The molecule has 30 heavy (non-hydrogen) atoms. The van der Waals surface area contributed by atoms with Crippen molar-refractivity contribution in [3.8, 4) is 0 Å². The maximum absolute atomic E-state index is 13.1. The van der Waals surface area contributed by atoms with Crippen LogP contribution in [0.2, 0.25) is 0 Å². The summed E-state index contributed by atoms with van der Waals surface area (Å²) >= 11 is 0. The number of carbonyl (C=O) groups is 1. The highest BCUT2D eigenvalue weighted by Crippen LogP contribution is 2.34. The van der Waals surface area contributed by atoms with Gasteiger partial charge in [-0.05, 0) is 44.0 Å². The van der Waals surface area contributed by atoms with Crippen LogP contribution in [-0.4, -0.2) is 53.0 Å². The van der Waals surface area contributed by atoms with Gasteiger partial charge < -0.3 is 15.5 Å². The normalized spacial score (nSPS) is 18.7. The summed E-state index contributed by atoms with van der Waals surface area (Å²) in [6, 6.07) is 6.38. The van der Waals surface area contributed by atoms with Crippen molar-refractivity contribution in [1.29, 1.82) is 0 Å². The molecule has 4 heterocycles. The molecule has 1 atom stereocenters. The summed E-state index contributed by atoms with van der Waals surface area (Å²) in [7, 11) is 1.90. The van der Waals surface area contributed by atoms with Crippen molar-refractivity contribution in [2.24, 2.45) is 7.05 Å². The monoisotopic (exact) mass is 405 g/mol. The second kappa shape index (κ2) is 7.28. The Hall–Kier alpha value is -3.13. The van der Waals surface area contributed by atoms with Crippen LogP contribution in [-0.2, 0) is 13.5 Å². The number of carbonyl (C=O) groups excluding carboxylic acids is 1. The Labute approximate surface area is 175 Å². The number of fused-ring (bicyclic) bond motifs is 2. The lowest BCUT2D eigenvalue weighted by molar-refractivity contribution is 0.257. The van der Waals surface area contributed by atoms with Crippen molar-refractivity contribution >= 4 is 34.1 Å². The molecule has 3 aromatic rings. The Bertz CT molecular complexity index is 1120. The van der Waals surface area contributed by atoms with E-state index in [1.807, 2.05) is 38.5 Å². The molecule has 0 spiro atoms. The largest absolute Gasteiger partial charge is 0.368 e. The van der Waals surface area contributed by atoms with E-state index < -0.39 is 0 Å². The molecule has 8 nitrogen and oxygen atoms in total. The molecule has 2 aliphatic rings. The van der Waals surface area contributed by atoms with Gasteiger partial charge in [-0.1, -0.05) is 0 Å². The van der Waals surface area contributed by atoms with E-state index in [-0.39, 0.29) is 6.03 Å². The SMILES string of the molecule is Cc1cc2nn(C)cc2cc1NC(=O)N1CCc2c(N3CCN[C@@H](C)C3)ccnc21. The summed E-state index contributed by atoms with van der Waals surface area (Å²) in [5.74, 6) is 0.774. The molecule has 1 fully saturated rings. The van der Waals surface area contributed by atoms with Crippen LogP contribution in [0.5, 0.6) is 0 Å². The summed E-state index contributed by atoms with van der Waals surface area (Å²) in [6.45, 7) is 7.74. The number of nitrogens with one attached hydrogen (secondary N) is 2. The number of aryl methyl sites for hydroxylation is 2. The van der Waals surface area contributed by atoms with Crippen LogP contribution >= 0.6 is 0 Å². The minimum atomic E-state index is -0.140. The first-order chi connectivity index (χ1) is 14.5. The van der Waals surface area contributed by atoms with Gasteiger partial charge in [-0.25, -0.2) is 9.78 Å². The number of hydrogen-bond acceptors (Lipinski definition) is 5. The Morgan fingerprint density at radius 1 is 1.30 bits per heavy atom. The summed E-state index contributed by atoms with van der Waals surface area (Å²) in [4.78, 5) is 21.9. The van der Waals surface area contributed by atoms with Gasteiger partial charge in [0.1, 0.15) is 5.82 Å². The maximum atomic E-state index is 13.1. The lowest BCUT2D eigenvalue weighted by atomic mass is 10.1. The van der Waals surface area contributed by atoms with Gasteiger partial charge in [0, 0.05) is 74.0 Å². The summed E-state index contributed by atoms with van der Waals surface area (Å²) < 4.78 is 1.79. The average molecular weight is 406 g/mol. The predicted molar refractivity (Wildman–Crippen MR) is 119 cm³/mol. The third-order valence-corrected chi connectivity index (χ3v) is 6.01. The zero-order valence-corrected chi connectivity index (χ0v) is 17.6. The first kappa shape index (κ1) is 18.9. The maximum Gasteiger partial charge on any atom is 0.327 e. The second-order valence-corrected chi connectivity index (χ2v) is 8.29. The standard InChI is InChI=1S/C22H27N7O/c1-14-10-19-16(13-27(3)26-19)11-18(14)25-22(30)29-8-5-17-20(4-6-24-21(17)29)28-9-7-23-15(2)12-28/h4,6,10-11,13,15,23H,5,7-9,12H2,1-3H3,(H,25,30)/t15-/m0/s1. The van der Waals surface area contributed by atoms with E-state index in [0.717, 1.165) is 54.0 Å². The lowest BCUT2D eigenvalue weighted by Crippen LogP contribution is -2.49. The Morgan fingerprint density at radius 3 is 3.00 bits per heavy atom.